The molecule has 0 aromatic heterocycles. The number of benzene rings is 1. The van der Waals surface area contributed by atoms with E-state index in [1.54, 1.807) is 27.9 Å². The van der Waals surface area contributed by atoms with Crippen LogP contribution in [0, 0.1) is 5.41 Å². The van der Waals surface area contributed by atoms with Crippen LogP contribution in [-0.4, -0.2) is 54.1 Å². The lowest BCUT2D eigenvalue weighted by atomic mass is 9.97. The van der Waals surface area contributed by atoms with Gasteiger partial charge in [0.25, 0.3) is 0 Å². The SMILES string of the molecule is COc1ccc(COC[C@@H](O)[C@H](O)C[C@@H](CCl)OC(=O)C(C)(C)C)cc1. The van der Waals surface area contributed by atoms with Crippen molar-refractivity contribution in [3.8, 4) is 5.75 Å². The van der Waals surface area contributed by atoms with Crippen molar-refractivity contribution in [3.05, 3.63) is 29.8 Å². The van der Waals surface area contributed by atoms with Crippen LogP contribution in [0.5, 0.6) is 5.75 Å². The maximum absolute atomic E-state index is 11.9. The molecule has 0 aliphatic heterocycles. The molecule has 6 nitrogen and oxygen atoms in total. The lowest BCUT2D eigenvalue weighted by molar-refractivity contribution is -0.160. The first kappa shape index (κ1) is 22.7. The summed E-state index contributed by atoms with van der Waals surface area (Å²) in [7, 11) is 1.59. The number of hydrogen-bond acceptors (Lipinski definition) is 6. The molecule has 0 aliphatic rings. The summed E-state index contributed by atoms with van der Waals surface area (Å²) >= 11 is 5.81. The molecule has 0 heterocycles. The molecule has 2 N–H and O–H groups in total. The van der Waals surface area contributed by atoms with Crippen LogP contribution in [0.2, 0.25) is 0 Å². The molecule has 0 aliphatic carbocycles. The topological polar surface area (TPSA) is 85.2 Å². The van der Waals surface area contributed by atoms with Crippen LogP contribution >= 0.6 is 11.6 Å². The highest BCUT2D eigenvalue weighted by Crippen LogP contribution is 2.19. The maximum Gasteiger partial charge on any atom is 0.311 e. The van der Waals surface area contributed by atoms with Gasteiger partial charge in [-0.15, -0.1) is 11.6 Å². The van der Waals surface area contributed by atoms with Gasteiger partial charge in [-0.25, -0.2) is 0 Å². The smallest absolute Gasteiger partial charge is 0.311 e. The molecule has 0 bridgehead atoms. The van der Waals surface area contributed by atoms with Crippen molar-refractivity contribution in [1.29, 1.82) is 0 Å². The van der Waals surface area contributed by atoms with Crippen LogP contribution in [0.4, 0.5) is 0 Å². The van der Waals surface area contributed by atoms with Gasteiger partial charge in [0, 0.05) is 6.42 Å². The van der Waals surface area contributed by atoms with E-state index in [1.807, 2.05) is 24.3 Å². The van der Waals surface area contributed by atoms with E-state index in [4.69, 9.17) is 25.8 Å². The Balaban J connectivity index is 2.40. The van der Waals surface area contributed by atoms with E-state index in [1.165, 1.54) is 0 Å². The van der Waals surface area contributed by atoms with Gasteiger partial charge in [-0.2, -0.15) is 0 Å². The van der Waals surface area contributed by atoms with Crippen LogP contribution in [0.1, 0.15) is 32.8 Å². The highest BCUT2D eigenvalue weighted by Gasteiger charge is 2.28. The molecule has 0 spiro atoms. The lowest BCUT2D eigenvalue weighted by Crippen LogP contribution is -2.37. The molecule has 26 heavy (non-hydrogen) atoms. The van der Waals surface area contributed by atoms with Crippen LogP contribution in [0.15, 0.2) is 24.3 Å². The van der Waals surface area contributed by atoms with Gasteiger partial charge in [0.05, 0.1) is 37.7 Å². The summed E-state index contributed by atoms with van der Waals surface area (Å²) in [5.41, 5.74) is 0.264. The predicted molar refractivity (Wildman–Crippen MR) is 99.3 cm³/mol. The van der Waals surface area contributed by atoms with Gasteiger partial charge in [-0.05, 0) is 38.5 Å². The van der Waals surface area contributed by atoms with E-state index in [0.717, 1.165) is 11.3 Å². The Morgan fingerprint density at radius 2 is 1.77 bits per heavy atom. The number of hydrogen-bond donors (Lipinski definition) is 2. The Morgan fingerprint density at radius 1 is 1.15 bits per heavy atom. The second-order valence-corrected chi connectivity index (χ2v) is 7.47. The molecule has 7 heteroatoms. The predicted octanol–water partition coefficient (Wildman–Crippen LogP) is 2.52. The molecular weight excluding hydrogens is 360 g/mol. The van der Waals surface area contributed by atoms with Crippen molar-refractivity contribution >= 4 is 17.6 Å². The number of aliphatic hydroxyl groups excluding tert-OH is 2. The highest BCUT2D eigenvalue weighted by molar-refractivity contribution is 6.18. The maximum atomic E-state index is 11.9. The van der Waals surface area contributed by atoms with Crippen molar-refractivity contribution in [1.82, 2.24) is 0 Å². The van der Waals surface area contributed by atoms with E-state index < -0.39 is 29.7 Å². The minimum Gasteiger partial charge on any atom is -0.497 e. The zero-order chi connectivity index (χ0) is 19.7. The summed E-state index contributed by atoms with van der Waals surface area (Å²) in [5.74, 6) is 0.389. The Kier molecular flexibility index (Phi) is 9.36. The Labute approximate surface area is 160 Å². The average molecular weight is 389 g/mol. The van der Waals surface area contributed by atoms with Crippen LogP contribution in [0.25, 0.3) is 0 Å². The van der Waals surface area contributed by atoms with Gasteiger partial charge < -0.3 is 24.4 Å². The normalized spacial score (nSPS) is 15.2. The molecule has 0 saturated carbocycles. The van der Waals surface area contributed by atoms with Crippen molar-refractivity contribution in [2.24, 2.45) is 5.41 Å². The Bertz CT molecular complexity index is 540. The molecule has 1 rings (SSSR count). The molecule has 0 radical (unpaired) electrons. The summed E-state index contributed by atoms with van der Waals surface area (Å²) in [6.45, 7) is 5.46. The first-order valence-corrected chi connectivity index (χ1v) is 9.04. The number of esters is 1. The third kappa shape index (κ3) is 7.91. The number of alkyl halides is 1. The number of carbonyl (C=O) groups is 1. The van der Waals surface area contributed by atoms with Gasteiger partial charge in [-0.1, -0.05) is 12.1 Å². The first-order valence-electron chi connectivity index (χ1n) is 8.51. The summed E-state index contributed by atoms with van der Waals surface area (Å²) in [6.07, 6.45) is -2.84. The fourth-order valence-corrected chi connectivity index (χ4v) is 2.22. The third-order valence-corrected chi connectivity index (χ3v) is 4.07. The Morgan fingerprint density at radius 3 is 2.27 bits per heavy atom. The summed E-state index contributed by atoms with van der Waals surface area (Å²) in [4.78, 5) is 11.9. The van der Waals surface area contributed by atoms with Crippen LogP contribution in [-0.2, 0) is 20.9 Å². The average Bonchev–Trinajstić information content (AvgIpc) is 2.60. The lowest BCUT2D eigenvalue weighted by Gasteiger charge is -2.25. The number of halogens is 1. The summed E-state index contributed by atoms with van der Waals surface area (Å²) in [5, 5.41) is 20.1. The molecular formula is C19H29ClO6. The van der Waals surface area contributed by atoms with Gasteiger partial charge >= 0.3 is 5.97 Å². The van der Waals surface area contributed by atoms with Crippen molar-refractivity contribution < 1.29 is 29.2 Å². The molecule has 3 atom stereocenters. The monoisotopic (exact) mass is 388 g/mol. The van der Waals surface area contributed by atoms with Gasteiger partial charge in [0.15, 0.2) is 0 Å². The van der Waals surface area contributed by atoms with E-state index >= 15 is 0 Å². The summed E-state index contributed by atoms with van der Waals surface area (Å²) < 4.78 is 15.8. The van der Waals surface area contributed by atoms with Crippen LogP contribution < -0.4 is 4.74 Å². The number of methoxy groups -OCH3 is 1. The second-order valence-electron chi connectivity index (χ2n) is 7.17. The zero-order valence-electron chi connectivity index (χ0n) is 15.8. The second kappa shape index (κ2) is 10.7. The first-order chi connectivity index (χ1) is 12.2. The third-order valence-electron chi connectivity index (χ3n) is 3.72. The molecule has 148 valence electrons. The fraction of sp³-hybridized carbons (Fsp3) is 0.632. The van der Waals surface area contributed by atoms with Gasteiger partial charge in [-0.3, -0.25) is 4.79 Å². The van der Waals surface area contributed by atoms with E-state index in [-0.39, 0.29) is 18.9 Å². The number of ether oxygens (including phenoxy) is 3. The minimum absolute atomic E-state index is 0.0400. The molecule has 1 aromatic carbocycles. The standard InChI is InChI=1S/C19H29ClO6/c1-19(2,3)18(23)26-15(10-20)9-16(21)17(22)12-25-11-13-5-7-14(24-4)8-6-13/h5-8,15-17,21-22H,9-12H2,1-4H3/t15-,16+,17+/m0/s1. The minimum atomic E-state index is -1.11. The van der Waals surface area contributed by atoms with Gasteiger partial charge in [0.1, 0.15) is 18.0 Å². The largest absolute Gasteiger partial charge is 0.497 e. The van der Waals surface area contributed by atoms with E-state index in [0.29, 0.717) is 6.61 Å². The molecule has 0 unspecified atom stereocenters. The van der Waals surface area contributed by atoms with Crippen molar-refractivity contribution in [2.75, 3.05) is 19.6 Å². The molecule has 0 fully saturated rings. The fourth-order valence-electron chi connectivity index (χ4n) is 2.03. The Hall–Kier alpha value is -1.34. The van der Waals surface area contributed by atoms with Crippen molar-refractivity contribution in [3.63, 3.8) is 0 Å². The number of aliphatic hydroxyl groups is 2. The van der Waals surface area contributed by atoms with Gasteiger partial charge in [0.2, 0.25) is 0 Å². The van der Waals surface area contributed by atoms with E-state index in [2.05, 4.69) is 0 Å². The molecule has 0 saturated heterocycles. The quantitative estimate of drug-likeness (QED) is 0.473. The van der Waals surface area contributed by atoms with Crippen LogP contribution in [0.3, 0.4) is 0 Å². The molecule has 1 aromatic rings. The number of rotatable bonds is 10. The molecule has 0 amide bonds. The number of carbonyl (C=O) groups excluding carboxylic acids is 1. The highest BCUT2D eigenvalue weighted by atomic mass is 35.5. The summed E-state index contributed by atoms with van der Waals surface area (Å²) in [6, 6.07) is 7.35. The van der Waals surface area contributed by atoms with E-state index in [9.17, 15) is 15.0 Å². The zero-order valence-corrected chi connectivity index (χ0v) is 16.5. The van der Waals surface area contributed by atoms with Crippen molar-refractivity contribution in [2.45, 2.75) is 52.1 Å².